The number of unbranched alkanes of at least 4 members (excludes halogenated alkanes) is 1. The molecule has 0 saturated carbocycles. The summed E-state index contributed by atoms with van der Waals surface area (Å²) in [5.74, 6) is -2.37. The first-order chi connectivity index (χ1) is 9.04. The molecule has 0 saturated heterocycles. The highest BCUT2D eigenvalue weighted by molar-refractivity contribution is 5.91. The van der Waals surface area contributed by atoms with Gasteiger partial charge in [-0.2, -0.15) is 0 Å². The fourth-order valence-electron chi connectivity index (χ4n) is 1.27. The average Bonchev–Trinajstić information content (AvgIpc) is 2.36. The lowest BCUT2D eigenvalue weighted by Gasteiger charge is -2.06. The van der Waals surface area contributed by atoms with Gasteiger partial charge in [0.05, 0.1) is 12.2 Å². The molecule has 0 aliphatic carbocycles. The molecule has 0 fully saturated rings. The Bertz CT molecular complexity index is 462. The largest absolute Gasteiger partial charge is 0.463 e. The van der Waals surface area contributed by atoms with Gasteiger partial charge in [0, 0.05) is 5.69 Å². The third-order valence-electron chi connectivity index (χ3n) is 2.30. The molecule has 2 N–H and O–H groups in total. The Morgan fingerprint density at radius 3 is 2.68 bits per heavy atom. The number of rotatable bonds is 6. The maximum Gasteiger partial charge on any atom is 0.344 e. The van der Waals surface area contributed by atoms with Crippen LogP contribution in [-0.2, 0) is 14.3 Å². The van der Waals surface area contributed by atoms with Gasteiger partial charge in [-0.25, -0.2) is 14.0 Å². The van der Waals surface area contributed by atoms with Gasteiger partial charge in [0.15, 0.2) is 6.61 Å². The summed E-state index contributed by atoms with van der Waals surface area (Å²) in [6.45, 7) is 1.70. The van der Waals surface area contributed by atoms with Crippen LogP contribution >= 0.6 is 0 Å². The van der Waals surface area contributed by atoms with E-state index in [0.717, 1.165) is 18.9 Å². The summed E-state index contributed by atoms with van der Waals surface area (Å²) in [4.78, 5) is 22.7. The maximum atomic E-state index is 13.4. The Labute approximate surface area is 110 Å². The van der Waals surface area contributed by atoms with Gasteiger partial charge in [-0.1, -0.05) is 13.3 Å². The smallest absolute Gasteiger partial charge is 0.344 e. The number of carbonyl (C=O) groups is 2. The highest BCUT2D eigenvalue weighted by Crippen LogP contribution is 2.12. The van der Waals surface area contributed by atoms with E-state index in [4.69, 9.17) is 10.5 Å². The van der Waals surface area contributed by atoms with E-state index in [1.807, 2.05) is 6.92 Å². The molecule has 0 unspecified atom stereocenters. The van der Waals surface area contributed by atoms with Crippen molar-refractivity contribution in [1.29, 1.82) is 0 Å². The number of esters is 2. The van der Waals surface area contributed by atoms with Gasteiger partial charge in [0.25, 0.3) is 0 Å². The van der Waals surface area contributed by atoms with Crippen molar-refractivity contribution in [2.24, 2.45) is 0 Å². The zero-order valence-corrected chi connectivity index (χ0v) is 10.6. The van der Waals surface area contributed by atoms with Crippen LogP contribution in [0.25, 0.3) is 0 Å². The summed E-state index contributed by atoms with van der Waals surface area (Å²) in [5.41, 5.74) is 5.29. The molecule has 0 bridgehead atoms. The van der Waals surface area contributed by atoms with Crippen molar-refractivity contribution < 1.29 is 23.5 Å². The van der Waals surface area contributed by atoms with Crippen LogP contribution in [0.1, 0.15) is 30.1 Å². The molecule has 0 radical (unpaired) electrons. The van der Waals surface area contributed by atoms with E-state index >= 15 is 0 Å². The predicted octanol–water partition coefficient (Wildman–Crippen LogP) is 1.91. The lowest BCUT2D eigenvalue weighted by molar-refractivity contribution is -0.147. The Balaban J connectivity index is 2.45. The Hall–Kier alpha value is -2.11. The van der Waals surface area contributed by atoms with Crippen molar-refractivity contribution in [2.45, 2.75) is 19.8 Å². The third kappa shape index (κ3) is 4.95. The van der Waals surface area contributed by atoms with Crippen molar-refractivity contribution in [1.82, 2.24) is 0 Å². The summed E-state index contributed by atoms with van der Waals surface area (Å²) in [6, 6.07) is 3.59. The number of carbonyl (C=O) groups excluding carboxylic acids is 2. The zero-order chi connectivity index (χ0) is 14.3. The van der Waals surface area contributed by atoms with E-state index in [2.05, 4.69) is 4.74 Å². The van der Waals surface area contributed by atoms with Crippen molar-refractivity contribution in [3.8, 4) is 0 Å². The zero-order valence-electron chi connectivity index (χ0n) is 10.6. The summed E-state index contributed by atoms with van der Waals surface area (Å²) in [5, 5.41) is 0. The van der Waals surface area contributed by atoms with Gasteiger partial charge in [-0.05, 0) is 24.6 Å². The Morgan fingerprint density at radius 2 is 2.05 bits per heavy atom. The fraction of sp³-hybridized carbons (Fsp3) is 0.385. The maximum absolute atomic E-state index is 13.4. The monoisotopic (exact) mass is 269 g/mol. The van der Waals surface area contributed by atoms with E-state index in [1.54, 1.807) is 0 Å². The number of hydrogen-bond acceptors (Lipinski definition) is 5. The number of nitrogens with two attached hydrogens (primary N) is 1. The van der Waals surface area contributed by atoms with E-state index in [-0.39, 0.29) is 17.9 Å². The van der Waals surface area contributed by atoms with Crippen LogP contribution in [0.3, 0.4) is 0 Å². The van der Waals surface area contributed by atoms with Crippen LogP contribution in [0.2, 0.25) is 0 Å². The molecule has 1 aromatic carbocycles. The van der Waals surface area contributed by atoms with Crippen molar-refractivity contribution in [2.75, 3.05) is 18.9 Å². The SMILES string of the molecule is CCCCOC(=O)COC(=O)c1ccc(N)cc1F. The summed E-state index contributed by atoms with van der Waals surface area (Å²) in [6.07, 6.45) is 1.63. The minimum absolute atomic E-state index is 0.202. The van der Waals surface area contributed by atoms with Gasteiger partial charge < -0.3 is 15.2 Å². The van der Waals surface area contributed by atoms with Crippen LogP contribution in [0.4, 0.5) is 10.1 Å². The Morgan fingerprint density at radius 1 is 1.32 bits per heavy atom. The second-order valence-corrected chi connectivity index (χ2v) is 3.89. The molecule has 19 heavy (non-hydrogen) atoms. The van der Waals surface area contributed by atoms with Crippen LogP contribution in [0.5, 0.6) is 0 Å². The van der Waals surface area contributed by atoms with Crippen molar-refractivity contribution >= 4 is 17.6 Å². The van der Waals surface area contributed by atoms with Crippen molar-refractivity contribution in [3.63, 3.8) is 0 Å². The van der Waals surface area contributed by atoms with E-state index < -0.39 is 24.4 Å². The molecule has 1 rings (SSSR count). The lowest BCUT2D eigenvalue weighted by Crippen LogP contribution is -2.17. The number of hydrogen-bond donors (Lipinski definition) is 1. The molecule has 6 heteroatoms. The van der Waals surface area contributed by atoms with Crippen LogP contribution in [0, 0.1) is 5.82 Å². The predicted molar refractivity (Wildman–Crippen MR) is 67.0 cm³/mol. The molecular formula is C13H16FNO4. The minimum Gasteiger partial charge on any atom is -0.463 e. The molecule has 0 atom stereocenters. The second-order valence-electron chi connectivity index (χ2n) is 3.89. The van der Waals surface area contributed by atoms with Gasteiger partial charge >= 0.3 is 11.9 Å². The molecular weight excluding hydrogens is 253 g/mol. The van der Waals surface area contributed by atoms with Gasteiger partial charge in [0.1, 0.15) is 5.82 Å². The Kier molecular flexibility index (Phi) is 5.78. The van der Waals surface area contributed by atoms with E-state index in [1.165, 1.54) is 12.1 Å². The quantitative estimate of drug-likeness (QED) is 0.485. The average molecular weight is 269 g/mol. The van der Waals surface area contributed by atoms with Crippen molar-refractivity contribution in [3.05, 3.63) is 29.6 Å². The first-order valence-electron chi connectivity index (χ1n) is 5.92. The highest BCUT2D eigenvalue weighted by atomic mass is 19.1. The number of ether oxygens (including phenoxy) is 2. The first kappa shape index (κ1) is 14.9. The molecule has 0 aromatic heterocycles. The molecule has 0 spiro atoms. The summed E-state index contributed by atoms with van der Waals surface area (Å²) >= 11 is 0. The molecule has 0 aliphatic rings. The molecule has 0 aliphatic heterocycles. The molecule has 104 valence electrons. The normalized spacial score (nSPS) is 10.0. The topological polar surface area (TPSA) is 78.6 Å². The number of anilines is 1. The minimum atomic E-state index is -0.926. The third-order valence-corrected chi connectivity index (χ3v) is 2.30. The van der Waals surface area contributed by atoms with Gasteiger partial charge in [-0.15, -0.1) is 0 Å². The van der Waals surface area contributed by atoms with E-state index in [9.17, 15) is 14.0 Å². The highest BCUT2D eigenvalue weighted by Gasteiger charge is 2.15. The van der Waals surface area contributed by atoms with Gasteiger partial charge in [-0.3, -0.25) is 0 Å². The standard InChI is InChI=1S/C13H16FNO4/c1-2-3-6-18-12(16)8-19-13(17)10-5-4-9(15)7-11(10)14/h4-5,7H,2-3,6,8,15H2,1H3. The van der Waals surface area contributed by atoms with Crippen LogP contribution < -0.4 is 5.73 Å². The molecule has 0 heterocycles. The van der Waals surface area contributed by atoms with E-state index in [0.29, 0.717) is 0 Å². The second kappa shape index (κ2) is 7.35. The number of benzene rings is 1. The van der Waals surface area contributed by atoms with Crippen LogP contribution in [-0.4, -0.2) is 25.2 Å². The molecule has 5 nitrogen and oxygen atoms in total. The number of nitrogen functional groups attached to an aromatic ring is 1. The van der Waals surface area contributed by atoms with Gasteiger partial charge in [0.2, 0.25) is 0 Å². The lowest BCUT2D eigenvalue weighted by atomic mass is 10.2. The first-order valence-corrected chi connectivity index (χ1v) is 5.92. The molecule has 0 amide bonds. The summed E-state index contributed by atoms with van der Waals surface area (Å²) < 4.78 is 22.8. The molecule has 1 aromatic rings. The van der Waals surface area contributed by atoms with Crippen LogP contribution in [0.15, 0.2) is 18.2 Å². The fourth-order valence-corrected chi connectivity index (χ4v) is 1.27. The summed E-state index contributed by atoms with van der Waals surface area (Å²) in [7, 11) is 0. The number of halogens is 1.